The highest BCUT2D eigenvalue weighted by molar-refractivity contribution is 7.14. The minimum absolute atomic E-state index is 0.0111. The SMILES string of the molecule is CCCC(=O)c1ccc2c(c1)N(CC(=O)Nc1nc(-c3ccc(CC)cc3)cs1)C(=O)C(C)O2. The fourth-order valence-corrected chi connectivity index (χ4v) is 4.53. The fraction of sp³-hybridized carbons (Fsp3) is 0.308. The molecule has 7 nitrogen and oxygen atoms in total. The Hall–Kier alpha value is -3.52. The standard InChI is InChI=1S/C26H27N3O4S/c1-4-6-22(30)19-11-12-23-21(13-19)29(25(32)16(3)33-23)14-24(31)28-26-27-20(15-34-26)18-9-7-17(5-2)8-10-18/h7-13,15-16H,4-6,14H2,1-3H3,(H,27,28,31). The van der Waals surface area contributed by atoms with Crippen molar-refractivity contribution in [2.45, 2.75) is 46.1 Å². The molecule has 8 heteroatoms. The van der Waals surface area contributed by atoms with Crippen molar-refractivity contribution in [1.29, 1.82) is 0 Å². The van der Waals surface area contributed by atoms with E-state index >= 15 is 0 Å². The first kappa shape index (κ1) is 23.6. The van der Waals surface area contributed by atoms with E-state index in [0.717, 1.165) is 24.1 Å². The number of carbonyl (C=O) groups is 3. The average Bonchev–Trinajstić information content (AvgIpc) is 3.30. The minimum Gasteiger partial charge on any atom is -0.479 e. The summed E-state index contributed by atoms with van der Waals surface area (Å²) in [6, 6.07) is 13.2. The topological polar surface area (TPSA) is 88.6 Å². The summed E-state index contributed by atoms with van der Waals surface area (Å²) in [4.78, 5) is 44.0. The monoisotopic (exact) mass is 477 g/mol. The molecule has 2 amide bonds. The summed E-state index contributed by atoms with van der Waals surface area (Å²) in [5.74, 6) is -0.248. The number of hydrogen-bond donors (Lipinski definition) is 1. The first-order valence-corrected chi connectivity index (χ1v) is 12.3. The number of nitrogens with one attached hydrogen (secondary N) is 1. The van der Waals surface area contributed by atoms with Crippen LogP contribution in [0.4, 0.5) is 10.8 Å². The van der Waals surface area contributed by atoms with Crippen molar-refractivity contribution in [2.75, 3.05) is 16.8 Å². The minimum atomic E-state index is -0.727. The van der Waals surface area contributed by atoms with Crippen molar-refractivity contribution in [1.82, 2.24) is 4.98 Å². The van der Waals surface area contributed by atoms with E-state index in [-0.39, 0.29) is 24.1 Å². The van der Waals surface area contributed by atoms with E-state index in [1.54, 1.807) is 25.1 Å². The Kier molecular flexibility index (Phi) is 7.07. The number of thiazole rings is 1. The summed E-state index contributed by atoms with van der Waals surface area (Å²) in [6.45, 7) is 5.48. The van der Waals surface area contributed by atoms with Gasteiger partial charge in [-0.3, -0.25) is 19.3 Å². The van der Waals surface area contributed by atoms with Crippen LogP contribution in [0.2, 0.25) is 0 Å². The molecule has 2 heterocycles. The Balaban J connectivity index is 1.50. The molecule has 1 aromatic heterocycles. The molecule has 0 fully saturated rings. The number of ketones is 1. The molecule has 0 saturated heterocycles. The van der Waals surface area contributed by atoms with Crippen molar-refractivity contribution in [3.05, 3.63) is 59.0 Å². The molecular formula is C26H27N3O4S. The number of aryl methyl sites for hydroxylation is 1. The van der Waals surface area contributed by atoms with Crippen LogP contribution in [0.1, 0.15) is 49.5 Å². The zero-order chi connectivity index (χ0) is 24.2. The molecule has 4 rings (SSSR count). The molecule has 1 unspecified atom stereocenters. The van der Waals surface area contributed by atoms with Crippen molar-refractivity contribution < 1.29 is 19.1 Å². The summed E-state index contributed by atoms with van der Waals surface area (Å²) in [5.41, 5.74) is 3.93. The van der Waals surface area contributed by atoms with Gasteiger partial charge in [-0.15, -0.1) is 11.3 Å². The molecule has 34 heavy (non-hydrogen) atoms. The van der Waals surface area contributed by atoms with Gasteiger partial charge in [-0.05, 0) is 43.5 Å². The van der Waals surface area contributed by atoms with Gasteiger partial charge in [0.25, 0.3) is 5.91 Å². The zero-order valence-corrected chi connectivity index (χ0v) is 20.3. The number of ether oxygens (including phenoxy) is 1. The second kappa shape index (κ2) is 10.2. The van der Waals surface area contributed by atoms with Gasteiger partial charge in [-0.2, -0.15) is 0 Å². The van der Waals surface area contributed by atoms with Gasteiger partial charge in [-0.1, -0.05) is 38.1 Å². The van der Waals surface area contributed by atoms with E-state index in [1.807, 2.05) is 24.4 Å². The predicted molar refractivity (Wildman–Crippen MR) is 134 cm³/mol. The molecule has 176 valence electrons. The third kappa shape index (κ3) is 5.02. The Morgan fingerprint density at radius 2 is 1.91 bits per heavy atom. The molecule has 1 aliphatic rings. The number of aromatic nitrogens is 1. The van der Waals surface area contributed by atoms with Crippen LogP contribution >= 0.6 is 11.3 Å². The number of anilines is 2. The molecule has 0 saturated carbocycles. The second-order valence-corrected chi connectivity index (χ2v) is 9.03. The highest BCUT2D eigenvalue weighted by Crippen LogP contribution is 2.35. The normalized spacial score (nSPS) is 15.0. The van der Waals surface area contributed by atoms with Crippen LogP contribution in [0.3, 0.4) is 0 Å². The van der Waals surface area contributed by atoms with Crippen molar-refractivity contribution in [3.8, 4) is 17.0 Å². The summed E-state index contributed by atoms with van der Waals surface area (Å²) in [6.07, 6.45) is 1.38. The molecule has 0 bridgehead atoms. The van der Waals surface area contributed by atoms with Crippen molar-refractivity contribution in [3.63, 3.8) is 0 Å². The summed E-state index contributed by atoms with van der Waals surface area (Å²) in [7, 11) is 0. The number of fused-ring (bicyclic) bond motifs is 1. The highest BCUT2D eigenvalue weighted by atomic mass is 32.1. The molecule has 0 spiro atoms. The van der Waals surface area contributed by atoms with Gasteiger partial charge in [0.2, 0.25) is 5.91 Å². The molecule has 0 aliphatic carbocycles. The third-order valence-corrected chi connectivity index (χ3v) is 6.43. The van der Waals surface area contributed by atoms with Crippen molar-refractivity contribution in [2.24, 2.45) is 0 Å². The first-order valence-electron chi connectivity index (χ1n) is 11.4. The van der Waals surface area contributed by atoms with Crippen LogP contribution in [0.5, 0.6) is 5.75 Å². The predicted octanol–water partition coefficient (Wildman–Crippen LogP) is 5.11. The maximum atomic E-state index is 12.8. The van der Waals surface area contributed by atoms with Gasteiger partial charge in [0.05, 0.1) is 11.4 Å². The lowest BCUT2D eigenvalue weighted by molar-refractivity contribution is -0.127. The molecule has 1 N–H and O–H groups in total. The molecule has 1 atom stereocenters. The summed E-state index contributed by atoms with van der Waals surface area (Å²) < 4.78 is 5.69. The van der Waals surface area contributed by atoms with Crippen LogP contribution in [-0.4, -0.2) is 35.2 Å². The van der Waals surface area contributed by atoms with Gasteiger partial charge in [0.1, 0.15) is 12.3 Å². The highest BCUT2D eigenvalue weighted by Gasteiger charge is 2.33. The third-order valence-electron chi connectivity index (χ3n) is 5.68. The lowest BCUT2D eigenvalue weighted by atomic mass is 10.0. The maximum Gasteiger partial charge on any atom is 0.268 e. The van der Waals surface area contributed by atoms with E-state index in [4.69, 9.17) is 4.74 Å². The lowest BCUT2D eigenvalue weighted by Gasteiger charge is -2.32. The molecule has 1 aliphatic heterocycles. The Bertz CT molecular complexity index is 1220. The van der Waals surface area contributed by atoms with Gasteiger partial charge >= 0.3 is 0 Å². The summed E-state index contributed by atoms with van der Waals surface area (Å²) in [5, 5.41) is 5.14. The van der Waals surface area contributed by atoms with E-state index in [0.29, 0.717) is 28.6 Å². The molecular weight excluding hydrogens is 450 g/mol. The van der Waals surface area contributed by atoms with Crippen LogP contribution < -0.4 is 15.0 Å². The van der Waals surface area contributed by atoms with Gasteiger partial charge in [-0.25, -0.2) is 4.98 Å². The van der Waals surface area contributed by atoms with Gasteiger partial charge < -0.3 is 10.1 Å². The molecule has 0 radical (unpaired) electrons. The lowest BCUT2D eigenvalue weighted by Crippen LogP contribution is -2.47. The van der Waals surface area contributed by atoms with Crippen LogP contribution in [0.15, 0.2) is 47.8 Å². The van der Waals surface area contributed by atoms with E-state index in [2.05, 4.69) is 29.4 Å². The van der Waals surface area contributed by atoms with Crippen LogP contribution in [0.25, 0.3) is 11.3 Å². The number of carbonyl (C=O) groups excluding carboxylic acids is 3. The Morgan fingerprint density at radius 3 is 2.62 bits per heavy atom. The number of benzene rings is 2. The Labute approximate surface area is 202 Å². The van der Waals surface area contributed by atoms with Crippen molar-refractivity contribution >= 4 is 39.8 Å². The molecule has 2 aromatic carbocycles. The van der Waals surface area contributed by atoms with E-state index in [1.165, 1.54) is 21.8 Å². The maximum absolute atomic E-state index is 12.8. The first-order chi connectivity index (χ1) is 16.4. The van der Waals surface area contributed by atoms with Crippen LogP contribution in [-0.2, 0) is 16.0 Å². The van der Waals surface area contributed by atoms with E-state index < -0.39 is 6.10 Å². The second-order valence-electron chi connectivity index (χ2n) is 8.18. The van der Waals surface area contributed by atoms with Crippen LogP contribution in [0, 0.1) is 0 Å². The number of nitrogens with zero attached hydrogens (tertiary/aromatic N) is 2. The molecule has 3 aromatic rings. The number of Topliss-reactive ketones (excluding diaryl/α,β-unsaturated/α-hetero) is 1. The van der Waals surface area contributed by atoms with Gasteiger partial charge in [0, 0.05) is 22.9 Å². The smallest absolute Gasteiger partial charge is 0.268 e. The van der Waals surface area contributed by atoms with E-state index in [9.17, 15) is 14.4 Å². The largest absolute Gasteiger partial charge is 0.479 e. The number of hydrogen-bond acceptors (Lipinski definition) is 6. The number of amides is 2. The number of rotatable bonds is 8. The quantitative estimate of drug-likeness (QED) is 0.456. The fourth-order valence-electron chi connectivity index (χ4n) is 3.79. The zero-order valence-electron chi connectivity index (χ0n) is 19.5. The Morgan fingerprint density at radius 1 is 1.15 bits per heavy atom. The summed E-state index contributed by atoms with van der Waals surface area (Å²) >= 11 is 1.33. The van der Waals surface area contributed by atoms with Gasteiger partial charge in [0.15, 0.2) is 17.0 Å². The average molecular weight is 478 g/mol.